The van der Waals surface area contributed by atoms with Gasteiger partial charge in [-0.25, -0.2) is 4.79 Å². The molecule has 0 aromatic carbocycles. The Kier molecular flexibility index (Phi) is 2.07. The van der Waals surface area contributed by atoms with E-state index in [1.165, 1.54) is 0 Å². The van der Waals surface area contributed by atoms with E-state index in [0.717, 1.165) is 5.69 Å². The second-order valence-corrected chi connectivity index (χ2v) is 1.84. The number of imidazole rings is 1. The van der Waals surface area contributed by atoms with E-state index >= 15 is 0 Å². The molecule has 0 bridgehead atoms. The lowest BCUT2D eigenvalue weighted by Crippen LogP contribution is -2.00. The Morgan fingerprint density at radius 2 is 2.50 bits per heavy atom. The number of nitrogens with one attached hydrogen (secondary N) is 2. The van der Waals surface area contributed by atoms with Crippen LogP contribution in [0.3, 0.4) is 0 Å². The fourth-order valence-electron chi connectivity index (χ4n) is 0.631. The van der Waals surface area contributed by atoms with Crippen molar-refractivity contribution in [3.8, 4) is 0 Å². The van der Waals surface area contributed by atoms with Crippen molar-refractivity contribution in [2.75, 3.05) is 6.54 Å². The van der Waals surface area contributed by atoms with Crippen LogP contribution in [0.1, 0.15) is 5.69 Å². The monoisotopic (exact) mass is 139 g/mol. The van der Waals surface area contributed by atoms with Gasteiger partial charge in [0.25, 0.3) is 0 Å². The highest BCUT2D eigenvalue weighted by atomic mass is 16.1. The van der Waals surface area contributed by atoms with E-state index in [1.807, 2.05) is 0 Å². The first-order chi connectivity index (χ1) is 4.83. The van der Waals surface area contributed by atoms with Gasteiger partial charge < -0.3 is 15.7 Å². The smallest absolute Gasteiger partial charge is 0.323 e. The minimum Gasteiger partial charge on any atom is -0.327 e. The number of nitrogens with two attached hydrogens (primary N) is 1. The Hall–Kier alpha value is -1.29. The lowest BCUT2D eigenvalue weighted by molar-refractivity contribution is 1.18. The fourth-order valence-corrected chi connectivity index (χ4v) is 0.631. The molecule has 1 aromatic heterocycles. The largest absolute Gasteiger partial charge is 0.327 e. The van der Waals surface area contributed by atoms with Crippen molar-refractivity contribution in [1.29, 1.82) is 0 Å². The van der Waals surface area contributed by atoms with E-state index in [1.54, 1.807) is 18.3 Å². The number of aromatic nitrogens is 2. The maximum atomic E-state index is 10.5. The summed E-state index contributed by atoms with van der Waals surface area (Å²) >= 11 is 0. The molecule has 54 valence electrons. The van der Waals surface area contributed by atoms with Gasteiger partial charge in [-0.1, -0.05) is 6.08 Å². The van der Waals surface area contributed by atoms with Crippen LogP contribution in [0, 0.1) is 0 Å². The Labute approximate surface area is 57.8 Å². The minimum atomic E-state index is -0.198. The summed E-state index contributed by atoms with van der Waals surface area (Å²) in [7, 11) is 0. The molecule has 10 heavy (non-hydrogen) atoms. The molecule has 1 aromatic rings. The molecule has 0 spiro atoms. The molecule has 0 aliphatic carbocycles. The summed E-state index contributed by atoms with van der Waals surface area (Å²) in [6.45, 7) is 0.479. The van der Waals surface area contributed by atoms with Crippen molar-refractivity contribution < 1.29 is 0 Å². The highest BCUT2D eigenvalue weighted by Crippen LogP contribution is 1.89. The van der Waals surface area contributed by atoms with Gasteiger partial charge in [-0.05, 0) is 6.08 Å². The van der Waals surface area contributed by atoms with Crippen molar-refractivity contribution in [2.24, 2.45) is 5.73 Å². The van der Waals surface area contributed by atoms with E-state index in [9.17, 15) is 4.79 Å². The third-order valence-electron chi connectivity index (χ3n) is 1.05. The summed E-state index contributed by atoms with van der Waals surface area (Å²) in [5, 5.41) is 0. The first kappa shape index (κ1) is 6.82. The first-order valence-corrected chi connectivity index (χ1v) is 2.97. The molecule has 0 saturated heterocycles. The van der Waals surface area contributed by atoms with Crippen LogP contribution >= 0.6 is 0 Å². The maximum Gasteiger partial charge on any atom is 0.323 e. The van der Waals surface area contributed by atoms with Gasteiger partial charge in [0.15, 0.2) is 0 Å². The molecule has 0 amide bonds. The van der Waals surface area contributed by atoms with Gasteiger partial charge >= 0.3 is 5.69 Å². The van der Waals surface area contributed by atoms with Crippen LogP contribution in [0.2, 0.25) is 0 Å². The quantitative estimate of drug-likeness (QED) is 0.525. The van der Waals surface area contributed by atoms with Gasteiger partial charge in [-0.3, -0.25) is 0 Å². The predicted octanol–water partition coefficient (Wildman–Crippen LogP) is -0.325. The lowest BCUT2D eigenvalue weighted by Gasteiger charge is -1.79. The average molecular weight is 139 g/mol. The molecule has 0 radical (unpaired) electrons. The normalized spacial score (nSPS) is 10.9. The number of H-pyrrole nitrogens is 2. The number of hydrogen-bond donors (Lipinski definition) is 3. The Balaban J connectivity index is 2.76. The van der Waals surface area contributed by atoms with Crippen LogP contribution in [0.15, 0.2) is 17.1 Å². The zero-order valence-corrected chi connectivity index (χ0v) is 5.42. The summed E-state index contributed by atoms with van der Waals surface area (Å²) in [6, 6.07) is 0. The van der Waals surface area contributed by atoms with Crippen molar-refractivity contribution in [1.82, 2.24) is 9.97 Å². The van der Waals surface area contributed by atoms with Crippen LogP contribution in [0.5, 0.6) is 0 Å². The van der Waals surface area contributed by atoms with E-state index in [-0.39, 0.29) is 5.69 Å². The molecule has 0 aliphatic rings. The van der Waals surface area contributed by atoms with E-state index < -0.39 is 0 Å². The molecular formula is C6H9N3O. The highest BCUT2D eigenvalue weighted by molar-refractivity contribution is 5.42. The van der Waals surface area contributed by atoms with Gasteiger partial charge in [-0.2, -0.15) is 0 Å². The standard InChI is InChI=1S/C6H9N3O/c7-3-1-2-5-4-8-6(10)9-5/h1-2,4H,3,7H2,(H2,8,9,10)/b2-1+. The number of rotatable bonds is 2. The van der Waals surface area contributed by atoms with Gasteiger partial charge in [-0.15, -0.1) is 0 Å². The molecular weight excluding hydrogens is 130 g/mol. The first-order valence-electron chi connectivity index (χ1n) is 2.97. The van der Waals surface area contributed by atoms with Gasteiger partial charge in [0.1, 0.15) is 0 Å². The summed E-state index contributed by atoms with van der Waals surface area (Å²) in [5.74, 6) is 0. The zero-order valence-electron chi connectivity index (χ0n) is 5.42. The van der Waals surface area contributed by atoms with Crippen LogP contribution in [-0.2, 0) is 0 Å². The molecule has 0 saturated carbocycles. The predicted molar refractivity (Wildman–Crippen MR) is 39.5 cm³/mol. The Morgan fingerprint density at radius 3 is 3.00 bits per heavy atom. The van der Waals surface area contributed by atoms with Crippen molar-refractivity contribution in [3.63, 3.8) is 0 Å². The number of hydrogen-bond acceptors (Lipinski definition) is 2. The van der Waals surface area contributed by atoms with Crippen LogP contribution < -0.4 is 11.4 Å². The van der Waals surface area contributed by atoms with E-state index in [4.69, 9.17) is 5.73 Å². The van der Waals surface area contributed by atoms with Gasteiger partial charge in [0.2, 0.25) is 0 Å². The Bertz CT molecular complexity index is 271. The second-order valence-electron chi connectivity index (χ2n) is 1.84. The average Bonchev–Trinajstić information content (AvgIpc) is 2.31. The topological polar surface area (TPSA) is 74.7 Å². The summed E-state index contributed by atoms with van der Waals surface area (Å²) in [4.78, 5) is 15.5. The van der Waals surface area contributed by atoms with Crippen LogP contribution in [0.25, 0.3) is 6.08 Å². The summed E-state index contributed by atoms with van der Waals surface area (Å²) < 4.78 is 0. The van der Waals surface area contributed by atoms with Crippen molar-refractivity contribution in [3.05, 3.63) is 28.5 Å². The van der Waals surface area contributed by atoms with Crippen LogP contribution in [0.4, 0.5) is 0 Å². The van der Waals surface area contributed by atoms with Crippen molar-refractivity contribution >= 4 is 6.08 Å². The third-order valence-corrected chi connectivity index (χ3v) is 1.05. The molecule has 0 atom stereocenters. The van der Waals surface area contributed by atoms with E-state index in [2.05, 4.69) is 9.97 Å². The molecule has 4 N–H and O–H groups in total. The van der Waals surface area contributed by atoms with Gasteiger partial charge in [0.05, 0.1) is 5.69 Å². The van der Waals surface area contributed by atoms with Gasteiger partial charge in [0, 0.05) is 12.7 Å². The van der Waals surface area contributed by atoms with Crippen LogP contribution in [-0.4, -0.2) is 16.5 Å². The summed E-state index contributed by atoms with van der Waals surface area (Å²) in [5.41, 5.74) is 5.74. The molecule has 1 heterocycles. The molecule has 0 fully saturated rings. The molecule has 4 heteroatoms. The van der Waals surface area contributed by atoms with Crippen molar-refractivity contribution in [2.45, 2.75) is 0 Å². The summed E-state index contributed by atoms with van der Waals surface area (Å²) in [6.07, 6.45) is 5.10. The third kappa shape index (κ3) is 1.60. The highest BCUT2D eigenvalue weighted by Gasteiger charge is 1.86. The zero-order chi connectivity index (χ0) is 7.40. The number of aromatic amines is 2. The molecule has 1 rings (SSSR count). The molecule has 0 aliphatic heterocycles. The minimum absolute atomic E-state index is 0.198. The maximum absolute atomic E-state index is 10.5. The lowest BCUT2D eigenvalue weighted by atomic mass is 10.4. The molecule has 4 nitrogen and oxygen atoms in total. The van der Waals surface area contributed by atoms with E-state index in [0.29, 0.717) is 6.54 Å². The fraction of sp³-hybridized carbons (Fsp3) is 0.167. The Morgan fingerprint density at radius 1 is 1.70 bits per heavy atom. The SMILES string of the molecule is NC/C=C/c1c[nH]c(=O)[nH]1. The second kappa shape index (κ2) is 3.03. The molecule has 0 unspecified atom stereocenters.